The first-order chi connectivity index (χ1) is 11.3. The van der Waals surface area contributed by atoms with Crippen LogP contribution in [0.25, 0.3) is 0 Å². The maximum atomic E-state index is 10.7. The number of hydrogen-bond acceptors (Lipinski definition) is 6. The second kappa shape index (κ2) is 17.2. The van der Waals surface area contributed by atoms with Crippen molar-refractivity contribution in [2.24, 2.45) is 0 Å². The van der Waals surface area contributed by atoms with Crippen molar-refractivity contribution in [3.63, 3.8) is 0 Å². The van der Waals surface area contributed by atoms with Gasteiger partial charge in [-0.3, -0.25) is 19.2 Å². The van der Waals surface area contributed by atoms with E-state index in [2.05, 4.69) is 9.47 Å². The lowest BCUT2D eigenvalue weighted by Gasteiger charge is -1.99. The summed E-state index contributed by atoms with van der Waals surface area (Å²) in [6.45, 7) is 4.26. The SMILES string of the molecule is CCOC(=O)CCCCC(=O)O.CCOC(=O)CCCCC(=O)O. The minimum absolute atomic E-state index is 0.124. The van der Waals surface area contributed by atoms with Crippen LogP contribution >= 0.6 is 0 Å². The Bertz CT molecular complexity index is 342. The maximum absolute atomic E-state index is 10.7. The van der Waals surface area contributed by atoms with Crippen molar-refractivity contribution in [3.8, 4) is 0 Å². The number of carboxylic acids is 2. The molecule has 0 aliphatic heterocycles. The van der Waals surface area contributed by atoms with Gasteiger partial charge in [0.15, 0.2) is 0 Å². The van der Waals surface area contributed by atoms with E-state index in [4.69, 9.17) is 10.2 Å². The molecule has 0 spiro atoms. The van der Waals surface area contributed by atoms with Gasteiger partial charge in [0.05, 0.1) is 13.2 Å². The van der Waals surface area contributed by atoms with E-state index in [9.17, 15) is 19.2 Å². The third-order valence-corrected chi connectivity index (χ3v) is 2.65. The van der Waals surface area contributed by atoms with Gasteiger partial charge >= 0.3 is 23.9 Å². The van der Waals surface area contributed by atoms with Gasteiger partial charge in [0, 0.05) is 25.7 Å². The quantitative estimate of drug-likeness (QED) is 0.406. The van der Waals surface area contributed by atoms with Gasteiger partial charge in [0.1, 0.15) is 0 Å². The van der Waals surface area contributed by atoms with Crippen molar-refractivity contribution in [1.82, 2.24) is 0 Å². The summed E-state index contributed by atoms with van der Waals surface area (Å²) in [6.07, 6.45) is 3.14. The van der Waals surface area contributed by atoms with Gasteiger partial charge in [-0.25, -0.2) is 0 Å². The van der Waals surface area contributed by atoms with Crippen LogP contribution in [-0.2, 0) is 28.7 Å². The normalized spacial score (nSPS) is 9.42. The van der Waals surface area contributed by atoms with Crippen LogP contribution in [-0.4, -0.2) is 47.3 Å². The van der Waals surface area contributed by atoms with E-state index in [1.807, 2.05) is 0 Å². The van der Waals surface area contributed by atoms with Gasteiger partial charge in [-0.05, 0) is 39.5 Å². The molecule has 0 radical (unpaired) electrons. The molecule has 0 unspecified atom stereocenters. The van der Waals surface area contributed by atoms with Crippen LogP contribution in [0.2, 0.25) is 0 Å². The zero-order chi connectivity index (χ0) is 18.8. The van der Waals surface area contributed by atoms with Crippen molar-refractivity contribution in [1.29, 1.82) is 0 Å². The molecular weight excluding hydrogens is 320 g/mol. The van der Waals surface area contributed by atoms with E-state index in [-0.39, 0.29) is 24.8 Å². The zero-order valence-electron chi connectivity index (χ0n) is 14.4. The Hall–Kier alpha value is -2.12. The summed E-state index contributed by atoms with van der Waals surface area (Å²) in [5.41, 5.74) is 0. The lowest BCUT2D eigenvalue weighted by molar-refractivity contribution is -0.144. The van der Waals surface area contributed by atoms with Gasteiger partial charge in [-0.2, -0.15) is 0 Å². The predicted molar refractivity (Wildman–Crippen MR) is 85.5 cm³/mol. The summed E-state index contributed by atoms with van der Waals surface area (Å²) in [6, 6.07) is 0. The molecule has 24 heavy (non-hydrogen) atoms. The van der Waals surface area contributed by atoms with Crippen LogP contribution in [0.4, 0.5) is 0 Å². The zero-order valence-corrected chi connectivity index (χ0v) is 14.4. The van der Waals surface area contributed by atoms with Crippen LogP contribution in [0.5, 0.6) is 0 Å². The molecular formula is C16H28O8. The van der Waals surface area contributed by atoms with Crippen LogP contribution in [0.15, 0.2) is 0 Å². The summed E-state index contributed by atoms with van der Waals surface area (Å²) in [5, 5.41) is 16.5. The molecule has 0 bridgehead atoms. The van der Waals surface area contributed by atoms with E-state index in [0.29, 0.717) is 51.7 Å². The molecule has 0 saturated heterocycles. The average molecular weight is 348 g/mol. The van der Waals surface area contributed by atoms with Crippen molar-refractivity contribution < 1.29 is 38.9 Å². The molecule has 0 rings (SSSR count). The number of rotatable bonds is 12. The minimum atomic E-state index is -0.821. The Labute approximate surface area is 142 Å². The third kappa shape index (κ3) is 22.2. The fourth-order valence-electron chi connectivity index (χ4n) is 1.56. The molecule has 0 aromatic carbocycles. The van der Waals surface area contributed by atoms with Crippen LogP contribution in [0.3, 0.4) is 0 Å². The fraction of sp³-hybridized carbons (Fsp3) is 0.750. The summed E-state index contributed by atoms with van der Waals surface area (Å²) in [4.78, 5) is 41.5. The molecule has 2 N–H and O–H groups in total. The van der Waals surface area contributed by atoms with Crippen molar-refractivity contribution in [2.75, 3.05) is 13.2 Å². The van der Waals surface area contributed by atoms with E-state index < -0.39 is 11.9 Å². The van der Waals surface area contributed by atoms with Crippen LogP contribution in [0.1, 0.15) is 65.2 Å². The molecule has 0 aliphatic carbocycles. The monoisotopic (exact) mass is 348 g/mol. The van der Waals surface area contributed by atoms with Crippen molar-refractivity contribution in [3.05, 3.63) is 0 Å². The fourth-order valence-corrected chi connectivity index (χ4v) is 1.56. The standard InChI is InChI=1S/2C8H14O4/c2*1-2-12-8(11)6-4-3-5-7(9)10/h2*2-6H2,1H3,(H,9,10). The summed E-state index contributed by atoms with van der Waals surface area (Å²) >= 11 is 0. The molecule has 140 valence electrons. The Morgan fingerprint density at radius 3 is 1.17 bits per heavy atom. The molecule has 0 aliphatic rings. The summed E-state index contributed by atoms with van der Waals surface area (Å²) in [7, 11) is 0. The molecule has 8 nitrogen and oxygen atoms in total. The third-order valence-electron chi connectivity index (χ3n) is 2.65. The summed E-state index contributed by atoms with van der Waals surface area (Å²) < 4.78 is 9.33. The molecule has 0 atom stereocenters. The smallest absolute Gasteiger partial charge is 0.305 e. The highest BCUT2D eigenvalue weighted by Crippen LogP contribution is 2.01. The first-order valence-electron chi connectivity index (χ1n) is 8.08. The molecule has 8 heteroatoms. The Balaban J connectivity index is 0. The average Bonchev–Trinajstić information content (AvgIpc) is 2.49. The molecule has 0 aromatic rings. The number of carboxylic acid groups (broad SMARTS) is 2. The molecule has 0 heterocycles. The highest BCUT2D eigenvalue weighted by Gasteiger charge is 2.03. The molecule has 0 fully saturated rings. The topological polar surface area (TPSA) is 127 Å². The number of ether oxygens (including phenoxy) is 2. The Morgan fingerprint density at radius 1 is 0.625 bits per heavy atom. The summed E-state index contributed by atoms with van der Waals surface area (Å²) in [5.74, 6) is -2.14. The van der Waals surface area contributed by atoms with Crippen molar-refractivity contribution >= 4 is 23.9 Å². The number of hydrogen-bond donors (Lipinski definition) is 2. The molecule has 0 saturated carbocycles. The molecule has 0 amide bonds. The van der Waals surface area contributed by atoms with E-state index >= 15 is 0 Å². The van der Waals surface area contributed by atoms with Crippen LogP contribution in [0, 0.1) is 0 Å². The van der Waals surface area contributed by atoms with Gasteiger partial charge < -0.3 is 19.7 Å². The van der Waals surface area contributed by atoms with Gasteiger partial charge in [-0.1, -0.05) is 0 Å². The number of aliphatic carboxylic acids is 2. The van der Waals surface area contributed by atoms with Gasteiger partial charge in [0.25, 0.3) is 0 Å². The van der Waals surface area contributed by atoms with E-state index in [1.165, 1.54) is 0 Å². The second-order valence-electron chi connectivity index (χ2n) is 4.81. The van der Waals surface area contributed by atoms with Crippen LogP contribution < -0.4 is 0 Å². The van der Waals surface area contributed by atoms with Gasteiger partial charge in [-0.15, -0.1) is 0 Å². The Kier molecular flexibility index (Phi) is 17.3. The Morgan fingerprint density at radius 2 is 0.917 bits per heavy atom. The second-order valence-corrected chi connectivity index (χ2v) is 4.81. The number of carbonyl (C=O) groups excluding carboxylic acids is 2. The number of unbranched alkanes of at least 4 members (excludes halogenated alkanes) is 2. The number of carbonyl (C=O) groups is 4. The van der Waals surface area contributed by atoms with Crippen molar-refractivity contribution in [2.45, 2.75) is 65.2 Å². The van der Waals surface area contributed by atoms with E-state index in [0.717, 1.165) is 0 Å². The highest BCUT2D eigenvalue weighted by molar-refractivity contribution is 5.70. The predicted octanol–water partition coefficient (Wildman–Crippen LogP) is 2.39. The first-order valence-corrected chi connectivity index (χ1v) is 8.08. The minimum Gasteiger partial charge on any atom is -0.481 e. The van der Waals surface area contributed by atoms with Gasteiger partial charge in [0.2, 0.25) is 0 Å². The molecule has 0 aromatic heterocycles. The largest absolute Gasteiger partial charge is 0.481 e. The maximum Gasteiger partial charge on any atom is 0.305 e. The highest BCUT2D eigenvalue weighted by atomic mass is 16.5. The lowest BCUT2D eigenvalue weighted by Crippen LogP contribution is -2.03. The lowest BCUT2D eigenvalue weighted by atomic mass is 10.2. The van der Waals surface area contributed by atoms with E-state index in [1.54, 1.807) is 13.8 Å². The number of esters is 2. The first kappa shape index (κ1) is 24.1.